The fourth-order valence-corrected chi connectivity index (χ4v) is 40.6. The molecule has 132 heavy (non-hydrogen) atoms. The molecule has 0 saturated carbocycles. The number of thiophene rings is 16. The summed E-state index contributed by atoms with van der Waals surface area (Å²) in [4.78, 5) is 35.7. The highest BCUT2D eigenvalue weighted by atomic mass is 32.2. The molecule has 32 heteroatoms. The molecule has 0 fully saturated rings. The van der Waals surface area contributed by atoms with Gasteiger partial charge in [0.25, 0.3) is 0 Å². The predicted molar refractivity (Wildman–Crippen MR) is 590 cm³/mol. The van der Waals surface area contributed by atoms with E-state index in [1.165, 1.54) is 82.9 Å². The Hall–Kier alpha value is -4.20. The zero-order valence-electron chi connectivity index (χ0n) is 76.4. The Morgan fingerprint density at radius 1 is 0.174 bits per heavy atom. The Kier molecular flexibility index (Phi) is 37.4. The van der Waals surface area contributed by atoms with Gasteiger partial charge in [-0.05, 0) is 249 Å². The van der Waals surface area contributed by atoms with Crippen LogP contribution in [0.25, 0.3) is 137 Å². The van der Waals surface area contributed by atoms with Gasteiger partial charge in [-0.25, -0.2) is 0 Å². The van der Waals surface area contributed by atoms with Crippen LogP contribution in [0.4, 0.5) is 0 Å². The van der Waals surface area contributed by atoms with Crippen LogP contribution in [0.1, 0.15) is 178 Å². The van der Waals surface area contributed by atoms with Crippen LogP contribution in [-0.4, -0.2) is 52.9 Å². The van der Waals surface area contributed by atoms with Crippen molar-refractivity contribution < 1.29 is 54.5 Å². The molecule has 16 rings (SSSR count). The Balaban J connectivity index is 0.000000202. The van der Waals surface area contributed by atoms with Gasteiger partial charge in [-0.1, -0.05) is 107 Å². The number of aryl methyl sites for hydroxylation is 4. The van der Waals surface area contributed by atoms with Crippen molar-refractivity contribution in [3.8, 4) is 137 Å². The maximum atomic E-state index is 15.4. The van der Waals surface area contributed by atoms with Gasteiger partial charge in [0.05, 0.1) is 93.6 Å². The first kappa shape index (κ1) is 102. The molecule has 0 aliphatic carbocycles. The van der Waals surface area contributed by atoms with E-state index >= 15 is 18.3 Å². The van der Waals surface area contributed by atoms with E-state index in [4.69, 9.17) is 36.2 Å². The van der Waals surface area contributed by atoms with Crippen molar-refractivity contribution in [1.29, 1.82) is 0 Å². The summed E-state index contributed by atoms with van der Waals surface area (Å²) in [5.74, 6) is 0. The minimum atomic E-state index is -3.84. The summed E-state index contributed by atoms with van der Waals surface area (Å²) in [5.41, 5.74) is 0. The zero-order chi connectivity index (χ0) is 92.5. The average Bonchev–Trinajstić information content (AvgIpc) is 1.57. The number of hydrogen-bond donors (Lipinski definition) is 0. The molecule has 16 heterocycles. The third kappa shape index (κ3) is 25.0. The van der Waals surface area contributed by atoms with E-state index in [1.54, 1.807) is 136 Å². The predicted octanol–water partition coefficient (Wildman–Crippen LogP) is 38.7. The Morgan fingerprint density at radius 3 is 0.492 bits per heavy atom. The van der Waals surface area contributed by atoms with Crippen LogP contribution < -0.4 is 21.2 Å². The summed E-state index contributed by atoms with van der Waals surface area (Å²) in [7, 11) is -15.2. The van der Waals surface area contributed by atoms with Crippen molar-refractivity contribution in [3.63, 3.8) is 0 Å². The fourth-order valence-electron chi connectivity index (χ4n) is 13.9. The quantitative estimate of drug-likeness (QED) is 0.0265. The highest BCUT2D eigenvalue weighted by Gasteiger charge is 2.41. The van der Waals surface area contributed by atoms with Crippen LogP contribution in [-0.2, 0) is 54.5 Å². The van der Waals surface area contributed by atoms with Gasteiger partial charge in [0.2, 0.25) is 0 Å². The minimum absolute atomic E-state index is 0.319. The third-order valence-corrected chi connectivity index (χ3v) is 49.7. The second-order valence-electron chi connectivity index (χ2n) is 31.7. The van der Waals surface area contributed by atoms with E-state index in [2.05, 4.69) is 229 Å². The van der Waals surface area contributed by atoms with Gasteiger partial charge >= 0.3 is 30.4 Å². The molecule has 0 N–H and O–H groups in total. The summed E-state index contributed by atoms with van der Waals surface area (Å²) >= 11 is 27.6. The highest BCUT2D eigenvalue weighted by molar-refractivity contribution is 7.65. The van der Waals surface area contributed by atoms with Crippen LogP contribution in [0.5, 0.6) is 0 Å². The fraction of sp³-hybridized carbons (Fsp3) is 0.360. The normalized spacial score (nSPS) is 12.3. The Labute approximate surface area is 842 Å². The maximum Gasteiger partial charge on any atom is 0.362 e. The van der Waals surface area contributed by atoms with Gasteiger partial charge in [0.1, 0.15) is 0 Å². The molecule has 0 saturated heterocycles. The first-order valence-electron chi connectivity index (χ1n) is 45.3. The lowest BCUT2D eigenvalue weighted by Gasteiger charge is -2.19. The van der Waals surface area contributed by atoms with E-state index in [-0.39, 0.29) is 0 Å². The smallest absolute Gasteiger partial charge is 0.305 e. The molecule has 0 spiro atoms. The molecule has 0 radical (unpaired) electrons. The van der Waals surface area contributed by atoms with Crippen molar-refractivity contribution in [2.24, 2.45) is 0 Å². The third-order valence-electron chi connectivity index (χ3n) is 21.2. The summed E-state index contributed by atoms with van der Waals surface area (Å²) in [6.07, 6.45) is 13.4. The molecule has 12 nitrogen and oxygen atoms in total. The SMILES string of the molecule is CCCCOP(=O)(OCCCC)c1cc(-c2cc(P(=O)(OCCCC)OCCCC)c(-c3ccc(-c4ccc(-c5ccc(C)s5)s4)s3)s2)sc1-c1ccc(-c2ccc(-c3ccc(C)s3)s2)s1.CCCCOP(=O)(OCCCC)c1cc(-c2ccc(-c3ccc(-c4ccc(C)s4)s3)s2)sc1-c1cc(P(=O)(OCCCC)OCCCC)c(-c2ccc(-c3ccc(-c4ccc(C)s4)s3)s2)s1. The highest BCUT2D eigenvalue weighted by Crippen LogP contribution is 2.62. The number of unbranched alkanes of at least 4 members (excludes halogenated alkanes) is 8. The lowest BCUT2D eigenvalue weighted by atomic mass is 10.3. The Morgan fingerprint density at radius 2 is 0.311 bits per heavy atom. The first-order chi connectivity index (χ1) is 64.1. The molecule has 0 amide bonds. The lowest BCUT2D eigenvalue weighted by molar-refractivity contribution is 0.208. The van der Waals surface area contributed by atoms with E-state index in [9.17, 15) is 0 Å². The van der Waals surface area contributed by atoms with Gasteiger partial charge < -0.3 is 36.2 Å². The van der Waals surface area contributed by atoms with E-state index in [0.717, 1.165) is 176 Å². The van der Waals surface area contributed by atoms with Crippen LogP contribution in [0.3, 0.4) is 0 Å². The molecule has 700 valence electrons. The molecule has 0 bridgehead atoms. The van der Waals surface area contributed by atoms with Gasteiger partial charge in [0, 0.05) is 137 Å². The summed E-state index contributed by atoms with van der Waals surface area (Å²) in [5, 5.41) is 2.25. The van der Waals surface area contributed by atoms with E-state index < -0.39 is 30.4 Å². The topological polar surface area (TPSA) is 142 Å². The van der Waals surface area contributed by atoms with E-state index in [0.29, 0.717) is 74.1 Å². The van der Waals surface area contributed by atoms with Crippen LogP contribution in [0.2, 0.25) is 0 Å². The molecule has 0 aliphatic rings. The van der Waals surface area contributed by atoms with Gasteiger partial charge in [-0.15, -0.1) is 181 Å². The first-order valence-corrected chi connectivity index (χ1v) is 64.6. The summed E-state index contributed by atoms with van der Waals surface area (Å²) in [6.45, 7) is 28.0. The molecular weight excluding hydrogens is 2030 g/mol. The molecule has 16 aromatic rings. The summed E-state index contributed by atoms with van der Waals surface area (Å²) in [6, 6.07) is 60.4. The van der Waals surface area contributed by atoms with Gasteiger partial charge in [0.15, 0.2) is 0 Å². The Bertz CT molecular complexity index is 6360. The van der Waals surface area contributed by atoms with Gasteiger partial charge in [-0.2, -0.15) is 0 Å². The second-order valence-corrected chi connectivity index (χ2v) is 57.7. The number of hydrogen-bond acceptors (Lipinski definition) is 28. The molecule has 16 aromatic heterocycles. The van der Waals surface area contributed by atoms with Crippen molar-refractivity contribution in [2.45, 2.75) is 186 Å². The van der Waals surface area contributed by atoms with Crippen LogP contribution >= 0.6 is 212 Å². The molecule has 0 atom stereocenters. The molecule has 0 aliphatic heterocycles. The van der Waals surface area contributed by atoms with Crippen molar-refractivity contribution in [3.05, 3.63) is 189 Å². The zero-order valence-corrected chi connectivity index (χ0v) is 93.0. The lowest BCUT2D eigenvalue weighted by Crippen LogP contribution is -2.13. The number of rotatable bonds is 50. The second kappa shape index (κ2) is 48.3. The van der Waals surface area contributed by atoms with Crippen molar-refractivity contribution in [1.82, 2.24) is 0 Å². The average molecular weight is 2140 g/mol. The summed E-state index contributed by atoms with van der Waals surface area (Å²) < 4.78 is 112. The van der Waals surface area contributed by atoms with Crippen LogP contribution in [0, 0.1) is 27.7 Å². The van der Waals surface area contributed by atoms with Crippen molar-refractivity contribution in [2.75, 3.05) is 52.9 Å². The van der Waals surface area contributed by atoms with Gasteiger partial charge in [-0.3, -0.25) is 18.3 Å². The maximum absolute atomic E-state index is 15.4. The van der Waals surface area contributed by atoms with Crippen molar-refractivity contribution >= 4 is 233 Å². The largest absolute Gasteiger partial charge is 0.362 e. The van der Waals surface area contributed by atoms with E-state index in [1.807, 2.05) is 69.6 Å². The standard InChI is InChI=1S/2C50H56O6P2S8/c1-7-11-27-53-57(51,54-28-12-8-2)35-31-47(65-49(35)45-25-23-43(63-45)41-21-19-39(61-41)37-17-15-33(5)59-37)48-32-36(58(52,55-29-13-9-3)56-30-14-10-4)50(66-48)46-26-24-44(64-46)42-22-20-40(62-42)38-18-16-34(6)60-38;1-7-11-27-53-57(51,54-28-12-8-2)35-31-47(45-24-23-42(63-45)41-21-19-39(61-41)37-17-15-33(5)59-37)65-50(35)48-32-36(58(52,55-29-13-9-3)56-30-14-10-4)49(66-48)46-26-25-44(64-46)43-22-20-40(62-43)38-18-16-34(6)60-38/h2*15-26,31-32H,7-14,27-30H2,1-6H3. The van der Waals surface area contributed by atoms with Crippen LogP contribution in [0.15, 0.2) is 170 Å². The monoisotopic (exact) mass is 2140 g/mol. The molecule has 0 aromatic carbocycles. The molecule has 0 unspecified atom stereocenters. The minimum Gasteiger partial charge on any atom is -0.305 e. The molecular formula is C100H112O12P4S16.